The minimum absolute atomic E-state index is 0.0303. The second-order valence-electron chi connectivity index (χ2n) is 17.4. The fourth-order valence-corrected chi connectivity index (χ4v) is 7.79. The molecule has 2 fully saturated rings. The number of nitrogens with one attached hydrogen (secondary N) is 4. The van der Waals surface area contributed by atoms with E-state index in [0.29, 0.717) is 61.3 Å². The highest BCUT2D eigenvalue weighted by molar-refractivity contribution is 9.10. The van der Waals surface area contributed by atoms with E-state index in [2.05, 4.69) is 57.4 Å². The van der Waals surface area contributed by atoms with Gasteiger partial charge in [0.15, 0.2) is 11.3 Å². The minimum atomic E-state index is -4.31. The van der Waals surface area contributed by atoms with Crippen molar-refractivity contribution in [3.05, 3.63) is 112 Å². The SMILES string of the molecule is Cc1cc(-c2cnc3c(NCCC(F)(F)F)cc(Br)nn23)ccc1C(=O)NC1CC1.Cc1cc(-c2cnc3c(NCCC(F)(F)F)cc(Oc4cccc(OC(C)C)c4)nn23)ccc1C(=O)NC1CC1. The van der Waals surface area contributed by atoms with Crippen LogP contribution in [0.3, 0.4) is 0 Å². The minimum Gasteiger partial charge on any atom is -0.491 e. The number of aromatic nitrogens is 6. The predicted octanol–water partition coefficient (Wildman–Crippen LogP) is 11.3. The van der Waals surface area contributed by atoms with Crippen molar-refractivity contribution < 1.29 is 45.4 Å². The Balaban J connectivity index is 0.000000196. The van der Waals surface area contributed by atoms with Gasteiger partial charge in [-0.2, -0.15) is 31.4 Å². The van der Waals surface area contributed by atoms with Crippen molar-refractivity contribution in [1.82, 2.24) is 39.8 Å². The quantitative estimate of drug-likeness (QED) is 0.0686. The average molecular weight is 1040 g/mol. The van der Waals surface area contributed by atoms with Crippen LogP contribution in [-0.2, 0) is 0 Å². The van der Waals surface area contributed by atoms with E-state index in [-0.39, 0.29) is 49.0 Å². The first-order valence-electron chi connectivity index (χ1n) is 22.6. The number of halogens is 7. The Kier molecular flexibility index (Phi) is 14.6. The van der Waals surface area contributed by atoms with Crippen LogP contribution in [0.15, 0.2) is 89.8 Å². The van der Waals surface area contributed by atoms with Gasteiger partial charge < -0.3 is 30.7 Å². The Morgan fingerprint density at radius 2 is 1.17 bits per heavy atom. The summed E-state index contributed by atoms with van der Waals surface area (Å²) in [4.78, 5) is 33.7. The number of benzene rings is 3. The lowest BCUT2D eigenvalue weighted by Crippen LogP contribution is -2.26. The second kappa shape index (κ2) is 20.6. The molecular weight excluding hydrogens is 986 g/mol. The maximum absolute atomic E-state index is 12.9. The van der Waals surface area contributed by atoms with E-state index in [9.17, 15) is 35.9 Å². The molecular formula is C49H49BrF6N10O4. The van der Waals surface area contributed by atoms with E-state index in [1.165, 1.54) is 10.6 Å². The highest BCUT2D eigenvalue weighted by Gasteiger charge is 2.29. The highest BCUT2D eigenvalue weighted by atomic mass is 79.9. The molecule has 0 aliphatic heterocycles. The van der Waals surface area contributed by atoms with Crippen LogP contribution in [0, 0.1) is 13.8 Å². The molecule has 4 aromatic heterocycles. The summed E-state index contributed by atoms with van der Waals surface area (Å²) >= 11 is 3.31. The number of hydrogen-bond acceptors (Lipinski definition) is 10. The van der Waals surface area contributed by atoms with Crippen LogP contribution < -0.4 is 30.7 Å². The van der Waals surface area contributed by atoms with Crippen LogP contribution in [0.4, 0.5) is 37.7 Å². The number of nitrogens with zero attached hydrogens (tertiary/aromatic N) is 6. The van der Waals surface area contributed by atoms with Gasteiger partial charge in [-0.05, 0) is 123 Å². The van der Waals surface area contributed by atoms with Gasteiger partial charge in [-0.25, -0.2) is 19.0 Å². The average Bonchev–Trinajstić information content (AvgIpc) is 4.19. The number of aryl methyl sites for hydroxylation is 2. The van der Waals surface area contributed by atoms with Crippen molar-refractivity contribution in [2.75, 3.05) is 23.7 Å². The zero-order valence-corrected chi connectivity index (χ0v) is 40.0. The topological polar surface area (TPSA) is 161 Å². The fourth-order valence-electron chi connectivity index (χ4n) is 7.41. The van der Waals surface area contributed by atoms with Crippen LogP contribution in [0.1, 0.15) is 84.2 Å². The molecule has 3 aromatic carbocycles. The van der Waals surface area contributed by atoms with Gasteiger partial charge in [0.25, 0.3) is 11.8 Å². The molecule has 0 unspecified atom stereocenters. The van der Waals surface area contributed by atoms with Gasteiger partial charge in [0, 0.05) is 59.6 Å². The molecule has 0 spiro atoms. The van der Waals surface area contributed by atoms with E-state index in [4.69, 9.17) is 9.47 Å². The lowest BCUT2D eigenvalue weighted by Gasteiger charge is -2.14. The monoisotopic (exact) mass is 1030 g/mol. The number of hydrogen-bond donors (Lipinski definition) is 4. The van der Waals surface area contributed by atoms with Crippen molar-refractivity contribution in [2.45, 2.75) is 96.8 Å². The van der Waals surface area contributed by atoms with E-state index < -0.39 is 25.2 Å². The van der Waals surface area contributed by atoms with Crippen molar-refractivity contribution in [1.29, 1.82) is 0 Å². The number of carbonyl (C=O) groups is 2. The van der Waals surface area contributed by atoms with Crippen molar-refractivity contribution in [3.8, 4) is 39.9 Å². The van der Waals surface area contributed by atoms with Crippen LogP contribution in [0.2, 0.25) is 0 Å². The van der Waals surface area contributed by atoms with E-state index in [0.717, 1.165) is 47.9 Å². The molecule has 0 bridgehead atoms. The number of alkyl halides is 6. The molecule has 2 saturated carbocycles. The van der Waals surface area contributed by atoms with Gasteiger partial charge in [-0.3, -0.25) is 9.59 Å². The summed E-state index contributed by atoms with van der Waals surface area (Å²) in [5.74, 6) is 1.02. The van der Waals surface area contributed by atoms with E-state index in [1.54, 1.807) is 65.4 Å². The number of imidazole rings is 2. The summed E-state index contributed by atoms with van der Waals surface area (Å²) in [5, 5.41) is 20.6. The molecule has 14 nitrogen and oxygen atoms in total. The van der Waals surface area contributed by atoms with Gasteiger partial charge in [0.2, 0.25) is 5.88 Å². The van der Waals surface area contributed by atoms with Gasteiger partial charge in [-0.15, -0.1) is 5.10 Å². The summed E-state index contributed by atoms with van der Waals surface area (Å²) in [5.41, 5.74) is 7.15. The molecule has 70 heavy (non-hydrogen) atoms. The number of amides is 2. The van der Waals surface area contributed by atoms with Crippen molar-refractivity contribution >= 4 is 50.4 Å². The summed E-state index contributed by atoms with van der Waals surface area (Å²) < 4.78 is 91.3. The molecule has 4 heterocycles. The normalized spacial score (nSPS) is 13.8. The molecule has 0 atom stereocenters. The smallest absolute Gasteiger partial charge is 0.390 e. The van der Waals surface area contributed by atoms with Crippen molar-refractivity contribution in [3.63, 3.8) is 0 Å². The summed E-state index contributed by atoms with van der Waals surface area (Å²) in [7, 11) is 0. The largest absolute Gasteiger partial charge is 0.491 e. The Labute approximate surface area is 406 Å². The number of ether oxygens (including phenoxy) is 2. The van der Waals surface area contributed by atoms with Gasteiger partial charge in [0.05, 0.1) is 54.1 Å². The highest BCUT2D eigenvalue weighted by Crippen LogP contribution is 2.33. The summed E-state index contributed by atoms with van der Waals surface area (Å²) in [6, 6.07) is 21.6. The zero-order chi connectivity index (χ0) is 49.9. The third kappa shape index (κ3) is 12.8. The van der Waals surface area contributed by atoms with Crippen LogP contribution >= 0.6 is 15.9 Å². The maximum Gasteiger partial charge on any atom is 0.390 e. The third-order valence-corrected chi connectivity index (χ3v) is 11.5. The predicted molar refractivity (Wildman–Crippen MR) is 256 cm³/mol. The molecule has 2 amide bonds. The van der Waals surface area contributed by atoms with Gasteiger partial charge >= 0.3 is 12.4 Å². The molecule has 9 rings (SSSR count). The third-order valence-electron chi connectivity index (χ3n) is 11.1. The van der Waals surface area contributed by atoms with Gasteiger partial charge in [0.1, 0.15) is 16.1 Å². The molecule has 7 aromatic rings. The Bertz CT molecular complexity index is 3040. The standard InChI is InChI=1S/C29H30F3N5O3.C20H19BrF3N5O/c1-17(2)39-21-5-4-6-22(14-21)40-26-15-24(33-12-11-29(30,31)32)27-34-16-25(37(27)36-26)19-7-10-23(18(3)13-19)28(38)35-20-8-9-20;1-11-8-12(2-5-14(11)19(30)27-13-3-4-13)16-10-26-18-15(9-17(21)28-29(16)18)25-7-6-20(22,23)24/h4-7,10,13-17,20,33H,8-9,11-12H2,1-3H3,(H,35,38);2,5,8-10,13,25H,3-4,6-7H2,1H3,(H,27,30). The molecule has 0 saturated heterocycles. The number of carbonyl (C=O) groups excluding carboxylic acids is 2. The lowest BCUT2D eigenvalue weighted by atomic mass is 10.0. The fraction of sp³-hybridized carbons (Fsp3) is 0.347. The maximum atomic E-state index is 12.9. The first-order chi connectivity index (χ1) is 33.3. The zero-order valence-electron chi connectivity index (χ0n) is 38.4. The molecule has 0 radical (unpaired) electrons. The van der Waals surface area contributed by atoms with Crippen LogP contribution in [-0.4, -0.2) is 84.6 Å². The van der Waals surface area contributed by atoms with Crippen molar-refractivity contribution in [2.24, 2.45) is 0 Å². The number of rotatable bonds is 16. The second-order valence-corrected chi connectivity index (χ2v) is 18.2. The lowest BCUT2D eigenvalue weighted by molar-refractivity contribution is -0.132. The molecule has 2 aliphatic rings. The summed E-state index contributed by atoms with van der Waals surface area (Å²) in [6.07, 6.45) is -3.30. The number of fused-ring (bicyclic) bond motifs is 2. The van der Waals surface area contributed by atoms with E-state index in [1.807, 2.05) is 45.9 Å². The van der Waals surface area contributed by atoms with E-state index >= 15 is 0 Å². The molecule has 2 aliphatic carbocycles. The molecule has 368 valence electrons. The first kappa shape index (κ1) is 49.5. The molecule has 21 heteroatoms. The number of anilines is 2. The molecule has 4 N–H and O–H groups in total. The Morgan fingerprint density at radius 3 is 1.64 bits per heavy atom. The first-order valence-corrected chi connectivity index (χ1v) is 23.4. The summed E-state index contributed by atoms with van der Waals surface area (Å²) in [6.45, 7) is 6.94. The van der Waals surface area contributed by atoms with Crippen LogP contribution in [0.25, 0.3) is 33.8 Å². The van der Waals surface area contributed by atoms with Crippen LogP contribution in [0.5, 0.6) is 17.4 Å². The Morgan fingerprint density at radius 1 is 0.686 bits per heavy atom. The Hall–Kier alpha value is -6.90. The van der Waals surface area contributed by atoms with Gasteiger partial charge in [-0.1, -0.05) is 18.2 Å².